The van der Waals surface area contributed by atoms with E-state index in [4.69, 9.17) is 54.8 Å². The Kier molecular flexibility index (Phi) is 20.9. The quantitative estimate of drug-likeness (QED) is 0.105. The van der Waals surface area contributed by atoms with Crippen molar-refractivity contribution in [1.82, 2.24) is 69.8 Å². The Bertz CT molecular complexity index is 9120. The van der Waals surface area contributed by atoms with Gasteiger partial charge in [-0.15, -0.1) is 0 Å². The molecule has 142 heavy (non-hydrogen) atoms. The molecular formula is C128H78N14. The Morgan fingerprint density at radius 1 is 0.120 bits per heavy atom. The lowest BCUT2D eigenvalue weighted by Crippen LogP contribution is -2.02. The molecule has 0 saturated heterocycles. The summed E-state index contributed by atoms with van der Waals surface area (Å²) in [5.41, 5.74) is 18.6. The van der Waals surface area contributed by atoms with Crippen LogP contribution in [0, 0.1) is 0 Å². The Balaban J connectivity index is 0.000000110. The Morgan fingerprint density at radius 2 is 0.373 bits per heavy atom. The number of para-hydroxylation sites is 3. The zero-order chi connectivity index (χ0) is 93.9. The topological polar surface area (TPSA) is 180 Å². The van der Waals surface area contributed by atoms with E-state index in [1.165, 1.54) is 53.9 Å². The van der Waals surface area contributed by atoms with Crippen LogP contribution in [0.3, 0.4) is 0 Å². The maximum atomic E-state index is 5.27. The molecule has 0 spiro atoms. The van der Waals surface area contributed by atoms with Crippen LogP contribution in [0.5, 0.6) is 0 Å². The van der Waals surface area contributed by atoms with E-state index in [0.29, 0.717) is 57.9 Å². The third kappa shape index (κ3) is 15.5. The number of hydrogen-bond acceptors (Lipinski definition) is 14. The van der Waals surface area contributed by atoms with Crippen LogP contribution in [-0.2, 0) is 0 Å². The molecule has 0 saturated carbocycles. The van der Waals surface area contributed by atoms with Crippen LogP contribution in [0.2, 0.25) is 0 Å². The number of aromatic nitrogens is 14. The average Bonchev–Trinajstić information content (AvgIpc) is 0.748. The smallest absolute Gasteiger partial charge is 0.182 e. The van der Waals surface area contributed by atoms with E-state index < -0.39 is 0 Å². The fourth-order valence-electron chi connectivity index (χ4n) is 20.1. The molecule has 0 fully saturated rings. The molecule has 0 radical (unpaired) electrons. The summed E-state index contributed by atoms with van der Waals surface area (Å²) >= 11 is 0. The molecule has 0 aliphatic carbocycles. The van der Waals surface area contributed by atoms with Gasteiger partial charge in [0, 0.05) is 120 Å². The molecule has 0 N–H and O–H groups in total. The zero-order valence-electron chi connectivity index (χ0n) is 76.3. The summed E-state index contributed by atoms with van der Waals surface area (Å²) in [6, 6.07) is 151. The summed E-state index contributed by atoms with van der Waals surface area (Å²) < 4.78 is 0. The Morgan fingerprint density at radius 3 is 0.711 bits per heavy atom. The fraction of sp³-hybridized carbons (Fsp3) is 0. The molecule has 9 aromatic heterocycles. The lowest BCUT2D eigenvalue weighted by Gasteiger charge is -2.15. The van der Waals surface area contributed by atoms with Gasteiger partial charge in [-0.05, 0) is 187 Å². The summed E-state index contributed by atoms with van der Waals surface area (Å²) in [5, 5.41) is 26.5. The summed E-state index contributed by atoms with van der Waals surface area (Å²) in [7, 11) is 0. The van der Waals surface area contributed by atoms with E-state index in [9.17, 15) is 0 Å². The highest BCUT2D eigenvalue weighted by Crippen LogP contribution is 2.44. The highest BCUT2D eigenvalue weighted by molar-refractivity contribution is 6.18. The van der Waals surface area contributed by atoms with Crippen molar-refractivity contribution in [2.24, 2.45) is 0 Å². The maximum absolute atomic E-state index is 5.27. The van der Waals surface area contributed by atoms with Gasteiger partial charge < -0.3 is 0 Å². The lowest BCUT2D eigenvalue weighted by atomic mass is 9.93. The minimum Gasteiger partial charge on any atom is -0.256 e. The largest absolute Gasteiger partial charge is 0.256 e. The molecule has 14 nitrogen and oxygen atoms in total. The minimum absolute atomic E-state index is 0.516. The highest BCUT2D eigenvalue weighted by Gasteiger charge is 2.24. The molecule has 28 rings (SSSR count). The number of fused-ring (bicyclic) bond motifs is 17. The second kappa shape index (κ2) is 35.7. The molecule has 9 heterocycles. The van der Waals surface area contributed by atoms with Crippen molar-refractivity contribution >= 4 is 140 Å². The van der Waals surface area contributed by atoms with Gasteiger partial charge in [-0.3, -0.25) is 29.9 Å². The van der Waals surface area contributed by atoms with Crippen molar-refractivity contribution in [3.05, 3.63) is 474 Å². The van der Waals surface area contributed by atoms with Crippen molar-refractivity contribution in [2.75, 3.05) is 0 Å². The molecular weight excluding hydrogens is 1730 g/mol. The number of nitrogens with zero attached hydrogens (tertiary/aromatic N) is 14. The van der Waals surface area contributed by atoms with Crippen LogP contribution in [0.15, 0.2) is 474 Å². The van der Waals surface area contributed by atoms with Gasteiger partial charge in [-0.1, -0.05) is 358 Å². The number of rotatable bonds is 12. The summed E-state index contributed by atoms with van der Waals surface area (Å²) in [4.78, 5) is 69.6. The number of hydrogen-bond donors (Lipinski definition) is 0. The van der Waals surface area contributed by atoms with Crippen LogP contribution in [0.4, 0.5) is 0 Å². The third-order valence-corrected chi connectivity index (χ3v) is 26.9. The predicted molar refractivity (Wildman–Crippen MR) is 581 cm³/mol. The molecule has 14 heteroatoms. The second-order valence-electron chi connectivity index (χ2n) is 35.4. The first-order chi connectivity index (χ1) is 70.3. The SMILES string of the molecule is c1ccc2cc(-c3nc(-c4ccc5ccccc5c4)nc(-c4ccc(-c5cccc6cccnc56)cn4)n3)ccc2c1.c1cnc2c(-c3ccc(-c4nc(-c5cc6ccccc6c6ccccc56)cc(-c5cc6ccccc6c6ccccc56)n4)nc3)cccc2c1.c1cnc2c(-c3ccc(-c4nc(-c5cc6ccccc6c6ccccc56)nc(-c5cc6ccccc6c6ccccc56)n4)nc3)cccc2c1. The first kappa shape index (κ1) is 83.2. The molecule has 0 aliphatic rings. The van der Waals surface area contributed by atoms with Crippen LogP contribution in [0.1, 0.15) is 0 Å². The molecule has 660 valence electrons. The summed E-state index contributed by atoms with van der Waals surface area (Å²) in [6.45, 7) is 0. The summed E-state index contributed by atoms with van der Waals surface area (Å²) in [6.07, 6.45) is 11.1. The van der Waals surface area contributed by atoms with Crippen LogP contribution < -0.4 is 0 Å². The molecule has 0 atom stereocenters. The second-order valence-corrected chi connectivity index (χ2v) is 35.4. The summed E-state index contributed by atoms with van der Waals surface area (Å²) in [5.74, 6) is 4.05. The van der Waals surface area contributed by atoms with Gasteiger partial charge in [0.15, 0.2) is 40.8 Å². The van der Waals surface area contributed by atoms with Gasteiger partial charge in [-0.25, -0.2) is 39.9 Å². The molecule has 19 aromatic carbocycles. The molecule has 0 bridgehead atoms. The maximum Gasteiger partial charge on any atom is 0.182 e. The zero-order valence-corrected chi connectivity index (χ0v) is 76.3. The van der Waals surface area contributed by atoms with Crippen LogP contribution in [-0.4, -0.2) is 69.8 Å². The van der Waals surface area contributed by atoms with E-state index in [-0.39, 0.29) is 0 Å². The Labute approximate surface area is 814 Å². The van der Waals surface area contributed by atoms with E-state index in [1.807, 2.05) is 104 Å². The fourth-order valence-corrected chi connectivity index (χ4v) is 20.1. The molecule has 28 aromatic rings. The average molecular weight is 1810 g/mol. The standard InChI is InChI=1S/C46H28N4.C45H27N5.C37H23N5/c1-3-15-33-30(11-1)25-40(38-19-7-5-17-36(33)38)43-27-44(41-26-31-12-2-4-16-34(31)37-18-6-8-20-39(37)41)50-46(49-43)42-23-22-32(28-48-42)35-21-9-13-29-14-10-24-47-45(29)35;1-3-15-32-29(11-1)25-39(37-19-7-5-17-35(32)37)43-48-44(40-26-30-12-2-4-16-33(30)36-18-6-8-20-38(36)40)50-45(49-43)41-23-22-31(27-47-41)34-21-9-13-28-14-10-24-46-42(28)34;1-3-9-27-21-29(16-14-24(27)7-1)35-40-36(30-17-15-25-8-2-4-10-28(25)22-30)42-37(41-35)33-19-18-31(23-39-33)32-13-5-11-26-12-6-20-38-34(26)32/h1-28H;1-27H;1-23H. The van der Waals surface area contributed by atoms with Gasteiger partial charge >= 0.3 is 0 Å². The first-order valence-corrected chi connectivity index (χ1v) is 47.3. The molecule has 0 unspecified atom stereocenters. The number of pyridine rings is 6. The van der Waals surface area contributed by atoms with Gasteiger partial charge in [0.25, 0.3) is 0 Å². The van der Waals surface area contributed by atoms with Crippen molar-refractivity contribution in [3.63, 3.8) is 0 Å². The van der Waals surface area contributed by atoms with Crippen LogP contribution in [0.25, 0.3) is 276 Å². The van der Waals surface area contributed by atoms with Crippen molar-refractivity contribution in [3.8, 4) is 136 Å². The lowest BCUT2D eigenvalue weighted by molar-refractivity contribution is 1.06. The normalized spacial score (nSPS) is 11.5. The number of benzene rings is 19. The first-order valence-electron chi connectivity index (χ1n) is 47.3. The third-order valence-electron chi connectivity index (χ3n) is 26.9. The van der Waals surface area contributed by atoms with E-state index in [1.54, 1.807) is 0 Å². The van der Waals surface area contributed by atoms with Crippen molar-refractivity contribution in [2.45, 2.75) is 0 Å². The monoisotopic (exact) mass is 1810 g/mol. The van der Waals surface area contributed by atoms with Gasteiger partial charge in [0.05, 0.1) is 27.9 Å². The van der Waals surface area contributed by atoms with E-state index in [2.05, 4.69) is 385 Å². The molecule has 0 amide bonds. The predicted octanol–water partition coefficient (Wildman–Crippen LogP) is 31.6. The van der Waals surface area contributed by atoms with Gasteiger partial charge in [0.1, 0.15) is 17.1 Å². The van der Waals surface area contributed by atoms with E-state index >= 15 is 0 Å². The van der Waals surface area contributed by atoms with Gasteiger partial charge in [-0.2, -0.15) is 0 Å². The highest BCUT2D eigenvalue weighted by atomic mass is 15.1. The molecule has 0 aliphatic heterocycles. The Hall–Kier alpha value is -19.4. The van der Waals surface area contributed by atoms with Crippen molar-refractivity contribution < 1.29 is 0 Å². The van der Waals surface area contributed by atoms with Crippen molar-refractivity contribution in [1.29, 1.82) is 0 Å². The van der Waals surface area contributed by atoms with Gasteiger partial charge in [0.2, 0.25) is 0 Å². The van der Waals surface area contributed by atoms with Crippen LogP contribution >= 0.6 is 0 Å². The van der Waals surface area contributed by atoms with E-state index in [0.717, 1.165) is 165 Å². The minimum atomic E-state index is 0.516.